The molecule has 0 spiro atoms. The highest BCUT2D eigenvalue weighted by Gasteiger charge is 2.38. The minimum absolute atomic E-state index is 0.213. The van der Waals surface area contributed by atoms with Gasteiger partial charge in [-0.1, -0.05) is 0 Å². The fraction of sp³-hybridized carbons (Fsp3) is 0.857. The van der Waals surface area contributed by atoms with Crippen molar-refractivity contribution >= 4 is 12.0 Å². The molecule has 6 heteroatoms. The third-order valence-electron chi connectivity index (χ3n) is 4.09. The second kappa shape index (κ2) is 6.43. The van der Waals surface area contributed by atoms with Crippen molar-refractivity contribution < 1.29 is 14.7 Å². The number of hydrogen-bond acceptors (Lipinski definition) is 3. The maximum absolute atomic E-state index is 12.5. The summed E-state index contributed by atoms with van der Waals surface area (Å²) in [5.41, 5.74) is -1.19. The van der Waals surface area contributed by atoms with E-state index in [-0.39, 0.29) is 6.03 Å². The van der Waals surface area contributed by atoms with Crippen LogP contribution in [0.2, 0.25) is 0 Å². The van der Waals surface area contributed by atoms with E-state index in [1.54, 1.807) is 32.7 Å². The SMILES string of the molecule is CCN(C(=O)N(C)CC1CCN(C)C1)C(C)(C)C(=O)O. The smallest absolute Gasteiger partial charge is 0.329 e. The quantitative estimate of drug-likeness (QED) is 0.823. The van der Waals surface area contributed by atoms with Gasteiger partial charge in [-0.2, -0.15) is 0 Å². The number of carbonyl (C=O) groups is 2. The van der Waals surface area contributed by atoms with Crippen LogP contribution < -0.4 is 0 Å². The van der Waals surface area contributed by atoms with Crippen LogP contribution in [0.3, 0.4) is 0 Å². The zero-order chi connectivity index (χ0) is 15.5. The lowest BCUT2D eigenvalue weighted by molar-refractivity contribution is -0.147. The predicted octanol–water partition coefficient (Wildman–Crippen LogP) is 1.18. The van der Waals surface area contributed by atoms with Gasteiger partial charge in [0, 0.05) is 26.7 Å². The Kier molecular flexibility index (Phi) is 5.39. The van der Waals surface area contributed by atoms with E-state index in [9.17, 15) is 14.7 Å². The van der Waals surface area contributed by atoms with E-state index in [0.29, 0.717) is 19.0 Å². The third-order valence-corrected chi connectivity index (χ3v) is 4.09. The molecule has 0 saturated carbocycles. The largest absolute Gasteiger partial charge is 0.480 e. The lowest BCUT2D eigenvalue weighted by Crippen LogP contribution is -2.56. The first-order valence-electron chi connectivity index (χ1n) is 7.14. The van der Waals surface area contributed by atoms with E-state index in [1.165, 1.54) is 4.90 Å². The van der Waals surface area contributed by atoms with Crippen LogP contribution in [-0.2, 0) is 4.79 Å². The van der Waals surface area contributed by atoms with Crippen molar-refractivity contribution in [1.29, 1.82) is 0 Å². The van der Waals surface area contributed by atoms with Gasteiger partial charge >= 0.3 is 12.0 Å². The maximum atomic E-state index is 12.5. The summed E-state index contributed by atoms with van der Waals surface area (Å²) in [4.78, 5) is 29.1. The van der Waals surface area contributed by atoms with E-state index in [4.69, 9.17) is 0 Å². The van der Waals surface area contributed by atoms with Gasteiger partial charge in [-0.25, -0.2) is 9.59 Å². The predicted molar refractivity (Wildman–Crippen MR) is 77.7 cm³/mol. The molecule has 1 rings (SSSR count). The zero-order valence-corrected chi connectivity index (χ0v) is 13.2. The summed E-state index contributed by atoms with van der Waals surface area (Å²) in [6, 6.07) is -0.213. The first-order chi connectivity index (χ1) is 9.20. The minimum atomic E-state index is -1.19. The Bertz CT molecular complexity index is 371. The first-order valence-corrected chi connectivity index (χ1v) is 7.14. The van der Waals surface area contributed by atoms with Crippen LogP contribution in [0.4, 0.5) is 4.79 Å². The molecular formula is C14H27N3O3. The zero-order valence-electron chi connectivity index (χ0n) is 13.2. The monoisotopic (exact) mass is 285 g/mol. The number of nitrogens with zero attached hydrogens (tertiary/aromatic N) is 3. The number of likely N-dealkylation sites (N-methyl/N-ethyl adjacent to an activating group) is 1. The van der Waals surface area contributed by atoms with Gasteiger partial charge in [0.25, 0.3) is 0 Å². The lowest BCUT2D eigenvalue weighted by atomic mass is 10.0. The second-order valence-electron chi connectivity index (χ2n) is 6.19. The Morgan fingerprint density at radius 1 is 1.40 bits per heavy atom. The lowest BCUT2D eigenvalue weighted by Gasteiger charge is -2.37. The number of urea groups is 1. The molecule has 2 amide bonds. The summed E-state index contributed by atoms with van der Waals surface area (Å²) in [6.07, 6.45) is 1.09. The van der Waals surface area contributed by atoms with Crippen LogP contribution >= 0.6 is 0 Å². The van der Waals surface area contributed by atoms with E-state index in [1.807, 2.05) is 0 Å². The van der Waals surface area contributed by atoms with Gasteiger partial charge in [-0.3, -0.25) is 0 Å². The number of hydrogen-bond donors (Lipinski definition) is 1. The second-order valence-corrected chi connectivity index (χ2v) is 6.19. The number of carboxylic acids is 1. The number of rotatable bonds is 5. The average Bonchev–Trinajstić information content (AvgIpc) is 2.74. The van der Waals surface area contributed by atoms with Crippen molar-refractivity contribution in [3.63, 3.8) is 0 Å². The molecule has 1 N–H and O–H groups in total. The number of aliphatic carboxylic acids is 1. The Labute approximate surface area is 121 Å². The van der Waals surface area contributed by atoms with Gasteiger partial charge in [-0.05, 0) is 46.7 Å². The van der Waals surface area contributed by atoms with Crippen molar-refractivity contribution in [3.8, 4) is 0 Å². The highest BCUT2D eigenvalue weighted by atomic mass is 16.4. The van der Waals surface area contributed by atoms with E-state index >= 15 is 0 Å². The topological polar surface area (TPSA) is 64.1 Å². The van der Waals surface area contributed by atoms with Crippen LogP contribution in [0.5, 0.6) is 0 Å². The van der Waals surface area contributed by atoms with Gasteiger partial charge in [0.15, 0.2) is 0 Å². The standard InChI is InChI=1S/C14H27N3O3/c1-6-17(14(2,3)12(18)19)13(20)16(5)10-11-7-8-15(4)9-11/h11H,6-10H2,1-5H3,(H,18,19). The molecular weight excluding hydrogens is 258 g/mol. The highest BCUT2D eigenvalue weighted by Crippen LogP contribution is 2.19. The van der Waals surface area contributed by atoms with Crippen molar-refractivity contribution in [1.82, 2.24) is 14.7 Å². The summed E-state index contributed by atoms with van der Waals surface area (Å²) >= 11 is 0. The molecule has 1 aliphatic heterocycles. The Morgan fingerprint density at radius 2 is 2.00 bits per heavy atom. The summed E-state index contributed by atoms with van der Waals surface area (Å²) in [5.74, 6) is -0.512. The number of carbonyl (C=O) groups excluding carboxylic acids is 1. The Hall–Kier alpha value is -1.30. The van der Waals surface area contributed by atoms with E-state index in [2.05, 4.69) is 11.9 Å². The number of carboxylic acid groups (broad SMARTS) is 1. The molecule has 0 aromatic carbocycles. The fourth-order valence-electron chi connectivity index (χ4n) is 2.73. The van der Waals surface area contributed by atoms with Crippen molar-refractivity contribution in [2.24, 2.45) is 5.92 Å². The molecule has 1 saturated heterocycles. The maximum Gasteiger partial charge on any atom is 0.329 e. The van der Waals surface area contributed by atoms with Crippen LogP contribution in [0, 0.1) is 5.92 Å². The van der Waals surface area contributed by atoms with Crippen LogP contribution in [-0.4, -0.2) is 77.6 Å². The summed E-state index contributed by atoms with van der Waals surface area (Å²) in [6.45, 7) is 8.04. The van der Waals surface area contributed by atoms with E-state index < -0.39 is 11.5 Å². The molecule has 0 radical (unpaired) electrons. The van der Waals surface area contributed by atoms with Crippen LogP contribution in [0.1, 0.15) is 27.2 Å². The summed E-state index contributed by atoms with van der Waals surface area (Å²) in [5, 5.41) is 9.27. The van der Waals surface area contributed by atoms with Crippen molar-refractivity contribution in [3.05, 3.63) is 0 Å². The van der Waals surface area contributed by atoms with Gasteiger partial charge in [-0.15, -0.1) is 0 Å². The molecule has 116 valence electrons. The van der Waals surface area contributed by atoms with Gasteiger partial charge in [0.2, 0.25) is 0 Å². The number of likely N-dealkylation sites (tertiary alicyclic amines) is 1. The fourth-order valence-corrected chi connectivity index (χ4v) is 2.73. The molecule has 0 aromatic heterocycles. The van der Waals surface area contributed by atoms with Crippen molar-refractivity contribution in [2.45, 2.75) is 32.7 Å². The third kappa shape index (κ3) is 3.62. The van der Waals surface area contributed by atoms with Crippen LogP contribution in [0.15, 0.2) is 0 Å². The Morgan fingerprint density at radius 3 is 2.40 bits per heavy atom. The molecule has 1 unspecified atom stereocenters. The van der Waals surface area contributed by atoms with Gasteiger partial charge in [0.1, 0.15) is 5.54 Å². The van der Waals surface area contributed by atoms with Gasteiger partial charge in [0.05, 0.1) is 0 Å². The average molecular weight is 285 g/mol. The van der Waals surface area contributed by atoms with Crippen LogP contribution in [0.25, 0.3) is 0 Å². The molecule has 0 aromatic rings. The van der Waals surface area contributed by atoms with Crippen molar-refractivity contribution in [2.75, 3.05) is 40.3 Å². The molecule has 20 heavy (non-hydrogen) atoms. The normalized spacial score (nSPS) is 19.9. The summed E-state index contributed by atoms with van der Waals surface area (Å²) in [7, 11) is 3.83. The molecule has 1 heterocycles. The molecule has 1 fully saturated rings. The highest BCUT2D eigenvalue weighted by molar-refractivity contribution is 5.85. The molecule has 0 bridgehead atoms. The summed E-state index contributed by atoms with van der Waals surface area (Å²) < 4.78 is 0. The molecule has 1 atom stereocenters. The molecule has 1 aliphatic rings. The molecule has 6 nitrogen and oxygen atoms in total. The Balaban J connectivity index is 2.68. The molecule has 0 aliphatic carbocycles. The van der Waals surface area contributed by atoms with Gasteiger partial charge < -0.3 is 19.8 Å². The van der Waals surface area contributed by atoms with E-state index in [0.717, 1.165) is 19.5 Å². The minimum Gasteiger partial charge on any atom is -0.480 e. The first kappa shape index (κ1) is 16.8. The number of amides is 2.